The summed E-state index contributed by atoms with van der Waals surface area (Å²) in [4.78, 5) is 23.2. The highest BCUT2D eigenvalue weighted by atomic mass is 16.2. The van der Waals surface area contributed by atoms with Crippen LogP contribution in [0.2, 0.25) is 0 Å². The number of aryl methyl sites for hydroxylation is 1. The van der Waals surface area contributed by atoms with Crippen LogP contribution in [0.5, 0.6) is 0 Å². The van der Waals surface area contributed by atoms with Crippen LogP contribution in [0.25, 0.3) is 0 Å². The van der Waals surface area contributed by atoms with Crippen LogP contribution in [0.3, 0.4) is 0 Å². The molecule has 1 aliphatic heterocycles. The molecule has 0 bridgehead atoms. The van der Waals surface area contributed by atoms with Crippen LogP contribution in [-0.2, 0) is 13.6 Å². The van der Waals surface area contributed by atoms with Crippen molar-refractivity contribution in [1.29, 1.82) is 0 Å². The minimum Gasteiger partial charge on any atom is -0.316 e. The topological polar surface area (TPSA) is 56.0 Å². The van der Waals surface area contributed by atoms with Crippen molar-refractivity contribution in [3.05, 3.63) is 33.1 Å². The van der Waals surface area contributed by atoms with Crippen LogP contribution >= 0.6 is 0 Å². The van der Waals surface area contributed by atoms with Gasteiger partial charge in [-0.1, -0.05) is 0 Å². The van der Waals surface area contributed by atoms with Crippen molar-refractivity contribution >= 4 is 0 Å². The zero-order chi connectivity index (χ0) is 10.8. The van der Waals surface area contributed by atoms with E-state index in [1.165, 1.54) is 21.4 Å². The molecule has 2 heterocycles. The minimum absolute atomic E-state index is 0.204. The molecule has 1 saturated heterocycles. The number of nitrogens with one attached hydrogen (secondary N) is 1. The standard InChI is InChI=1S/C10H15N3O2/c1-12-5-3-9(14)13(10(12)15)7-8-2-4-11-6-8/h3,5,8,11H,2,4,6-7H2,1H3. The number of nitrogens with zero attached hydrogens (tertiary/aromatic N) is 2. The fourth-order valence-corrected chi connectivity index (χ4v) is 1.91. The fourth-order valence-electron chi connectivity index (χ4n) is 1.91. The lowest BCUT2D eigenvalue weighted by Crippen LogP contribution is -2.39. The molecular formula is C10H15N3O2. The lowest BCUT2D eigenvalue weighted by Gasteiger charge is -2.10. The predicted octanol–water partition coefficient (Wildman–Crippen LogP) is -0.843. The first-order valence-corrected chi connectivity index (χ1v) is 5.15. The maximum Gasteiger partial charge on any atom is 0.330 e. The fraction of sp³-hybridized carbons (Fsp3) is 0.600. The van der Waals surface area contributed by atoms with E-state index in [0.717, 1.165) is 19.5 Å². The molecule has 2 rings (SSSR count). The molecule has 1 N–H and O–H groups in total. The predicted molar refractivity (Wildman–Crippen MR) is 56.9 cm³/mol. The third-order valence-electron chi connectivity index (χ3n) is 2.84. The Hall–Kier alpha value is -1.36. The van der Waals surface area contributed by atoms with Gasteiger partial charge in [0.1, 0.15) is 0 Å². The molecular weight excluding hydrogens is 194 g/mol. The van der Waals surface area contributed by atoms with Crippen molar-refractivity contribution in [3.8, 4) is 0 Å². The molecule has 0 saturated carbocycles. The van der Waals surface area contributed by atoms with Gasteiger partial charge in [0, 0.05) is 25.9 Å². The number of aromatic nitrogens is 2. The molecule has 1 aliphatic rings. The Bertz CT molecular complexity index is 454. The monoisotopic (exact) mass is 209 g/mol. The molecule has 0 aromatic carbocycles. The van der Waals surface area contributed by atoms with Crippen LogP contribution in [0.1, 0.15) is 6.42 Å². The van der Waals surface area contributed by atoms with Gasteiger partial charge in [-0.05, 0) is 25.4 Å². The molecule has 5 nitrogen and oxygen atoms in total. The summed E-state index contributed by atoms with van der Waals surface area (Å²) in [6, 6.07) is 1.43. The van der Waals surface area contributed by atoms with Gasteiger partial charge in [-0.15, -0.1) is 0 Å². The molecule has 82 valence electrons. The zero-order valence-electron chi connectivity index (χ0n) is 8.77. The first kappa shape index (κ1) is 10.2. The van der Waals surface area contributed by atoms with E-state index in [9.17, 15) is 9.59 Å². The van der Waals surface area contributed by atoms with Gasteiger partial charge in [0.2, 0.25) is 0 Å². The highest BCUT2D eigenvalue weighted by Gasteiger charge is 2.16. The smallest absolute Gasteiger partial charge is 0.316 e. The van der Waals surface area contributed by atoms with Crippen molar-refractivity contribution in [3.63, 3.8) is 0 Å². The van der Waals surface area contributed by atoms with E-state index in [0.29, 0.717) is 12.5 Å². The van der Waals surface area contributed by atoms with Gasteiger partial charge in [0.05, 0.1) is 0 Å². The van der Waals surface area contributed by atoms with Crippen LogP contribution in [-0.4, -0.2) is 22.2 Å². The molecule has 1 atom stereocenters. The molecule has 0 spiro atoms. The van der Waals surface area contributed by atoms with Crippen molar-refractivity contribution in [1.82, 2.24) is 14.5 Å². The van der Waals surface area contributed by atoms with Gasteiger partial charge in [-0.3, -0.25) is 9.36 Å². The number of hydrogen-bond donors (Lipinski definition) is 1. The van der Waals surface area contributed by atoms with Crippen molar-refractivity contribution < 1.29 is 0 Å². The molecule has 0 aliphatic carbocycles. The first-order chi connectivity index (χ1) is 7.18. The summed E-state index contributed by atoms with van der Waals surface area (Å²) in [5.74, 6) is 0.401. The van der Waals surface area contributed by atoms with Crippen LogP contribution in [0, 0.1) is 5.92 Å². The Morgan fingerprint density at radius 3 is 3.00 bits per heavy atom. The lowest BCUT2D eigenvalue weighted by atomic mass is 10.1. The highest BCUT2D eigenvalue weighted by Crippen LogP contribution is 2.07. The van der Waals surface area contributed by atoms with E-state index < -0.39 is 0 Å². The molecule has 5 heteroatoms. The summed E-state index contributed by atoms with van der Waals surface area (Å²) >= 11 is 0. The highest BCUT2D eigenvalue weighted by molar-refractivity contribution is 4.86. The summed E-state index contributed by atoms with van der Waals surface area (Å²) in [6.07, 6.45) is 2.54. The Kier molecular flexibility index (Phi) is 2.73. The summed E-state index contributed by atoms with van der Waals surface area (Å²) in [7, 11) is 1.66. The third kappa shape index (κ3) is 2.02. The second-order valence-electron chi connectivity index (χ2n) is 4.02. The van der Waals surface area contributed by atoms with Crippen molar-refractivity contribution in [2.75, 3.05) is 13.1 Å². The van der Waals surface area contributed by atoms with E-state index in [4.69, 9.17) is 0 Å². The molecule has 1 fully saturated rings. The van der Waals surface area contributed by atoms with E-state index in [-0.39, 0.29) is 11.2 Å². The second kappa shape index (κ2) is 4.02. The van der Waals surface area contributed by atoms with Gasteiger partial charge in [0.15, 0.2) is 0 Å². The van der Waals surface area contributed by atoms with E-state index in [1.54, 1.807) is 7.05 Å². The van der Waals surface area contributed by atoms with Gasteiger partial charge in [-0.2, -0.15) is 0 Å². The molecule has 1 aromatic rings. The van der Waals surface area contributed by atoms with Gasteiger partial charge in [0.25, 0.3) is 5.56 Å². The minimum atomic E-state index is -0.227. The Morgan fingerprint density at radius 2 is 2.33 bits per heavy atom. The maximum atomic E-state index is 11.7. The molecule has 0 radical (unpaired) electrons. The Balaban J connectivity index is 2.30. The second-order valence-corrected chi connectivity index (χ2v) is 4.02. The third-order valence-corrected chi connectivity index (χ3v) is 2.84. The van der Waals surface area contributed by atoms with Crippen LogP contribution in [0.15, 0.2) is 21.9 Å². The molecule has 15 heavy (non-hydrogen) atoms. The average Bonchev–Trinajstić information content (AvgIpc) is 2.71. The van der Waals surface area contributed by atoms with E-state index in [1.807, 2.05) is 0 Å². The molecule has 1 unspecified atom stereocenters. The van der Waals surface area contributed by atoms with Crippen molar-refractivity contribution in [2.45, 2.75) is 13.0 Å². The number of hydrogen-bond acceptors (Lipinski definition) is 3. The Labute approximate surface area is 87.3 Å². The Morgan fingerprint density at radius 1 is 1.53 bits per heavy atom. The zero-order valence-corrected chi connectivity index (χ0v) is 8.77. The average molecular weight is 209 g/mol. The van der Waals surface area contributed by atoms with E-state index in [2.05, 4.69) is 5.32 Å². The normalized spacial score (nSPS) is 20.7. The maximum absolute atomic E-state index is 11.7. The summed E-state index contributed by atoms with van der Waals surface area (Å²) in [5, 5.41) is 3.22. The number of rotatable bonds is 2. The molecule has 1 aromatic heterocycles. The first-order valence-electron chi connectivity index (χ1n) is 5.15. The van der Waals surface area contributed by atoms with Crippen LogP contribution in [0.4, 0.5) is 0 Å². The molecule has 0 amide bonds. The van der Waals surface area contributed by atoms with E-state index >= 15 is 0 Å². The summed E-state index contributed by atoms with van der Waals surface area (Å²) in [6.45, 7) is 2.40. The summed E-state index contributed by atoms with van der Waals surface area (Å²) < 4.78 is 2.75. The van der Waals surface area contributed by atoms with Crippen molar-refractivity contribution in [2.24, 2.45) is 13.0 Å². The SMILES string of the molecule is Cn1ccc(=O)n(CC2CCNC2)c1=O. The van der Waals surface area contributed by atoms with Gasteiger partial charge in [-0.25, -0.2) is 4.79 Å². The lowest BCUT2D eigenvalue weighted by molar-refractivity contribution is 0.448. The van der Waals surface area contributed by atoms with Crippen LogP contribution < -0.4 is 16.6 Å². The summed E-state index contributed by atoms with van der Waals surface area (Å²) in [5.41, 5.74) is -0.431. The van der Waals surface area contributed by atoms with Gasteiger partial charge < -0.3 is 9.88 Å². The van der Waals surface area contributed by atoms with Gasteiger partial charge >= 0.3 is 5.69 Å². The largest absolute Gasteiger partial charge is 0.330 e. The quantitative estimate of drug-likeness (QED) is 0.690.